The molecule has 0 saturated carbocycles. The normalized spacial score (nSPS) is 10.9. The number of thioether (sulfide) groups is 1. The maximum absolute atomic E-state index is 4.68. The first-order valence-electron chi connectivity index (χ1n) is 6.84. The minimum Gasteiger partial charge on any atom is -0.370 e. The van der Waals surface area contributed by atoms with Crippen molar-refractivity contribution in [1.82, 2.24) is 20.2 Å². The minimum atomic E-state index is 0.850. The number of aryl methyl sites for hydroxylation is 1. The second kappa shape index (κ2) is 7.95. The van der Waals surface area contributed by atoms with Gasteiger partial charge in [0.15, 0.2) is 8.68 Å². The molecule has 5 nitrogen and oxygen atoms in total. The van der Waals surface area contributed by atoms with E-state index in [4.69, 9.17) is 0 Å². The first-order chi connectivity index (χ1) is 10.2. The maximum atomic E-state index is 4.68. The molecular formula is C13H19N5S3. The lowest BCUT2D eigenvalue weighted by Gasteiger charge is -2.11. The lowest BCUT2D eigenvalue weighted by Crippen LogP contribution is -2.07. The molecule has 0 amide bonds. The molecule has 21 heavy (non-hydrogen) atoms. The average molecular weight is 342 g/mol. The number of nitrogens with one attached hydrogen (secondary N) is 1. The molecule has 2 heterocycles. The summed E-state index contributed by atoms with van der Waals surface area (Å²) in [4.78, 5) is 9.28. The Morgan fingerprint density at radius 2 is 1.90 bits per heavy atom. The van der Waals surface area contributed by atoms with E-state index in [-0.39, 0.29) is 0 Å². The van der Waals surface area contributed by atoms with Gasteiger partial charge < -0.3 is 5.32 Å². The van der Waals surface area contributed by atoms with Gasteiger partial charge in [-0.25, -0.2) is 9.97 Å². The SMILES string of the molecule is CCCc1nc(NCC)c(C)c(Sc2nnc(SC)s2)n1. The van der Waals surface area contributed by atoms with Crippen LogP contribution in [0, 0.1) is 6.92 Å². The summed E-state index contributed by atoms with van der Waals surface area (Å²) in [6.45, 7) is 7.11. The topological polar surface area (TPSA) is 63.6 Å². The van der Waals surface area contributed by atoms with Crippen LogP contribution in [0.5, 0.6) is 0 Å². The number of nitrogens with zero attached hydrogens (tertiary/aromatic N) is 4. The van der Waals surface area contributed by atoms with Crippen molar-refractivity contribution in [3.63, 3.8) is 0 Å². The zero-order valence-electron chi connectivity index (χ0n) is 12.6. The van der Waals surface area contributed by atoms with Gasteiger partial charge >= 0.3 is 0 Å². The molecule has 0 spiro atoms. The Bertz CT molecular complexity index is 599. The van der Waals surface area contributed by atoms with Gasteiger partial charge in [0.1, 0.15) is 16.7 Å². The van der Waals surface area contributed by atoms with Gasteiger partial charge in [-0.3, -0.25) is 0 Å². The molecule has 0 radical (unpaired) electrons. The lowest BCUT2D eigenvalue weighted by molar-refractivity contribution is 0.801. The van der Waals surface area contributed by atoms with E-state index in [1.807, 2.05) is 13.2 Å². The minimum absolute atomic E-state index is 0.850. The summed E-state index contributed by atoms with van der Waals surface area (Å²) in [6, 6.07) is 0. The fourth-order valence-electron chi connectivity index (χ4n) is 1.72. The number of aromatic nitrogens is 4. The molecule has 0 atom stereocenters. The largest absolute Gasteiger partial charge is 0.370 e. The van der Waals surface area contributed by atoms with Crippen LogP contribution in [0.4, 0.5) is 5.82 Å². The van der Waals surface area contributed by atoms with E-state index < -0.39 is 0 Å². The summed E-state index contributed by atoms with van der Waals surface area (Å²) in [5.74, 6) is 1.81. The number of anilines is 1. The third-order valence-electron chi connectivity index (χ3n) is 2.71. The van der Waals surface area contributed by atoms with E-state index in [1.54, 1.807) is 34.9 Å². The molecule has 0 aliphatic heterocycles. The summed E-state index contributed by atoms with van der Waals surface area (Å²) >= 11 is 4.78. The van der Waals surface area contributed by atoms with Gasteiger partial charge in [0, 0.05) is 18.5 Å². The van der Waals surface area contributed by atoms with E-state index >= 15 is 0 Å². The summed E-state index contributed by atoms with van der Waals surface area (Å²) in [7, 11) is 0. The molecule has 0 bridgehead atoms. The molecule has 2 aromatic rings. The molecule has 2 rings (SSSR count). The molecule has 0 unspecified atom stereocenters. The lowest BCUT2D eigenvalue weighted by atomic mass is 10.3. The van der Waals surface area contributed by atoms with Gasteiger partial charge in [-0.05, 0) is 38.3 Å². The Balaban J connectivity index is 2.31. The molecule has 114 valence electrons. The van der Waals surface area contributed by atoms with Crippen LogP contribution in [0.25, 0.3) is 0 Å². The average Bonchev–Trinajstić information content (AvgIpc) is 2.92. The van der Waals surface area contributed by atoms with E-state index in [2.05, 4.69) is 39.3 Å². The van der Waals surface area contributed by atoms with Crippen molar-refractivity contribution in [2.45, 2.75) is 47.3 Å². The van der Waals surface area contributed by atoms with Crippen LogP contribution >= 0.6 is 34.9 Å². The van der Waals surface area contributed by atoms with Crippen molar-refractivity contribution in [3.8, 4) is 0 Å². The molecule has 0 fully saturated rings. The number of hydrogen-bond donors (Lipinski definition) is 1. The van der Waals surface area contributed by atoms with E-state index in [9.17, 15) is 0 Å². The number of hydrogen-bond acceptors (Lipinski definition) is 8. The van der Waals surface area contributed by atoms with Crippen molar-refractivity contribution >= 4 is 40.7 Å². The maximum Gasteiger partial charge on any atom is 0.181 e. The molecule has 2 aromatic heterocycles. The summed E-state index contributed by atoms with van der Waals surface area (Å²) in [5.41, 5.74) is 1.07. The van der Waals surface area contributed by atoms with Crippen LogP contribution in [0.2, 0.25) is 0 Å². The fourth-order valence-corrected chi connectivity index (χ4v) is 4.17. The van der Waals surface area contributed by atoms with Gasteiger partial charge in [-0.15, -0.1) is 10.2 Å². The van der Waals surface area contributed by atoms with Gasteiger partial charge in [-0.2, -0.15) is 0 Å². The van der Waals surface area contributed by atoms with Gasteiger partial charge in [0.25, 0.3) is 0 Å². The third-order valence-corrected chi connectivity index (χ3v) is 5.75. The number of rotatable bonds is 7. The molecule has 0 aliphatic carbocycles. The van der Waals surface area contributed by atoms with E-state index in [0.29, 0.717) is 0 Å². The van der Waals surface area contributed by atoms with Crippen molar-refractivity contribution in [2.75, 3.05) is 18.1 Å². The zero-order valence-corrected chi connectivity index (χ0v) is 15.1. The molecule has 1 N–H and O–H groups in total. The second-order valence-electron chi connectivity index (χ2n) is 4.34. The Hall–Kier alpha value is -0.860. The van der Waals surface area contributed by atoms with Crippen LogP contribution < -0.4 is 5.32 Å². The zero-order chi connectivity index (χ0) is 15.2. The first-order valence-corrected chi connectivity index (χ1v) is 9.70. The molecule has 0 aromatic carbocycles. The van der Waals surface area contributed by atoms with Gasteiger partial charge in [0.05, 0.1) is 0 Å². The highest BCUT2D eigenvalue weighted by molar-refractivity contribution is 8.03. The Morgan fingerprint density at radius 3 is 2.52 bits per heavy atom. The molecule has 0 saturated heterocycles. The van der Waals surface area contributed by atoms with Gasteiger partial charge in [0.2, 0.25) is 0 Å². The van der Waals surface area contributed by atoms with Crippen molar-refractivity contribution in [1.29, 1.82) is 0 Å². The van der Waals surface area contributed by atoms with E-state index in [0.717, 1.165) is 50.3 Å². The fraction of sp³-hybridized carbons (Fsp3) is 0.538. The highest BCUT2D eigenvalue weighted by Gasteiger charge is 2.14. The predicted molar refractivity (Wildman–Crippen MR) is 90.7 cm³/mol. The first kappa shape index (κ1) is 16.5. The predicted octanol–water partition coefficient (Wildman–Crippen LogP) is 3.89. The van der Waals surface area contributed by atoms with E-state index in [1.165, 1.54) is 0 Å². The highest BCUT2D eigenvalue weighted by Crippen LogP contribution is 2.35. The van der Waals surface area contributed by atoms with Crippen molar-refractivity contribution in [3.05, 3.63) is 11.4 Å². The van der Waals surface area contributed by atoms with Crippen molar-refractivity contribution in [2.24, 2.45) is 0 Å². The van der Waals surface area contributed by atoms with Crippen LogP contribution in [-0.4, -0.2) is 33.0 Å². The monoisotopic (exact) mass is 341 g/mol. The standard InChI is InChI=1S/C13H19N5S3/c1-5-7-9-15-10(14-6-2)8(3)11(16-9)20-13-18-17-12(19-4)21-13/h5-7H2,1-4H3,(H,14,15,16). The Morgan fingerprint density at radius 1 is 1.14 bits per heavy atom. The second-order valence-corrected chi connectivity index (χ2v) is 7.61. The van der Waals surface area contributed by atoms with Gasteiger partial charge in [-0.1, -0.05) is 30.0 Å². The quantitative estimate of drug-likeness (QED) is 0.605. The molecular weight excluding hydrogens is 322 g/mol. The van der Waals surface area contributed by atoms with Crippen LogP contribution in [0.1, 0.15) is 31.7 Å². The van der Waals surface area contributed by atoms with Crippen LogP contribution in [0.3, 0.4) is 0 Å². The van der Waals surface area contributed by atoms with Crippen molar-refractivity contribution < 1.29 is 0 Å². The molecule has 0 aliphatic rings. The summed E-state index contributed by atoms with van der Waals surface area (Å²) in [5, 5.41) is 12.6. The van der Waals surface area contributed by atoms with Crippen LogP contribution in [0.15, 0.2) is 13.7 Å². The highest BCUT2D eigenvalue weighted by atomic mass is 32.2. The summed E-state index contributed by atoms with van der Waals surface area (Å²) in [6.07, 6.45) is 3.93. The third kappa shape index (κ3) is 4.31. The smallest absolute Gasteiger partial charge is 0.181 e. The summed E-state index contributed by atoms with van der Waals surface area (Å²) < 4.78 is 1.90. The Labute approximate surface area is 137 Å². The Kier molecular flexibility index (Phi) is 6.25. The van der Waals surface area contributed by atoms with Crippen LogP contribution in [-0.2, 0) is 6.42 Å². The molecule has 8 heteroatoms.